The van der Waals surface area contributed by atoms with Crippen LogP contribution in [0.3, 0.4) is 0 Å². The number of benzene rings is 3. The molecule has 54 heavy (non-hydrogen) atoms. The van der Waals surface area contributed by atoms with Gasteiger partial charge in [-0.05, 0) is 43.2 Å². The smallest absolute Gasteiger partial charge is 0.394 e. The quantitative estimate of drug-likeness (QED) is 0.186. The lowest BCUT2D eigenvalue weighted by Crippen LogP contribution is -2.44. The number of nitriles is 1. The van der Waals surface area contributed by atoms with E-state index in [0.29, 0.717) is 5.56 Å². The van der Waals surface area contributed by atoms with Gasteiger partial charge in [0.2, 0.25) is 0 Å². The second-order valence-electron chi connectivity index (χ2n) is 12.2. The van der Waals surface area contributed by atoms with Crippen molar-refractivity contribution in [1.82, 2.24) is 16.0 Å². The van der Waals surface area contributed by atoms with E-state index in [0.717, 1.165) is 114 Å². The predicted molar refractivity (Wildman–Crippen MR) is 213 cm³/mol. The third-order valence-corrected chi connectivity index (χ3v) is 8.52. The zero-order chi connectivity index (χ0) is 38.3. The number of piperazine rings is 3. The molecule has 0 unspecified atom stereocenters. The Balaban J connectivity index is 0.000000246. The van der Waals surface area contributed by atoms with Gasteiger partial charge in [-0.25, -0.2) is 4.79 Å². The van der Waals surface area contributed by atoms with E-state index in [2.05, 4.69) is 42.8 Å². The summed E-state index contributed by atoms with van der Waals surface area (Å²) in [5.74, 6) is -0.857. The fourth-order valence-corrected chi connectivity index (χ4v) is 5.95. The van der Waals surface area contributed by atoms with Crippen LogP contribution in [0.4, 0.5) is 17.1 Å². The lowest BCUT2D eigenvalue weighted by atomic mass is 10.1. The summed E-state index contributed by atoms with van der Waals surface area (Å²) in [7, 11) is -4.67. The number of nitrogens with one attached hydrogen (secondary N) is 3. The van der Waals surface area contributed by atoms with E-state index in [1.165, 1.54) is 18.5 Å². The minimum atomic E-state index is -4.67. The fraction of sp³-hybridized carbons (Fsp3) is 0.474. The van der Waals surface area contributed by atoms with Crippen molar-refractivity contribution in [2.45, 2.75) is 26.9 Å². The van der Waals surface area contributed by atoms with Crippen molar-refractivity contribution in [2.24, 2.45) is 0 Å². The second kappa shape index (κ2) is 25.7. The van der Waals surface area contributed by atoms with Crippen molar-refractivity contribution in [3.63, 3.8) is 0 Å². The normalized spacial score (nSPS) is 16.5. The van der Waals surface area contributed by atoms with E-state index in [-0.39, 0.29) is 14.0 Å². The Labute approximate surface area is 320 Å². The molecule has 4 aliphatic rings. The maximum Gasteiger partial charge on any atom is 0.394 e. The monoisotopic (exact) mass is 771 g/mol. The lowest BCUT2D eigenvalue weighted by molar-refractivity contribution is 0.0697. The number of ether oxygens (including phenoxy) is 1. The predicted octanol–water partition coefficient (Wildman–Crippen LogP) is 3.13. The maximum atomic E-state index is 11.0. The summed E-state index contributed by atoms with van der Waals surface area (Å²) in [6.07, 6.45) is 2.56. The van der Waals surface area contributed by atoms with Gasteiger partial charge in [-0.1, -0.05) is 49.9 Å². The standard InChI is InChI=1S/C11H13N3.C11H14N2O2.C11H16N2O.C4H8O.CH4.H2O4S/c12-9-10-3-1-2-4-11(10)14-7-5-13-6-8-14;14-11(15)9-3-1-2-4-10(9)13-7-5-12-6-8-13;14-9-10-3-1-2-4-11(10)13-7-5-12-6-8-13;1-2-4-5-3-1;;1-5(2,3)4/h1-4,13H,5-8H2;1-4,12H,5-8H2,(H,14,15);1-4,12,14H,5-9H2;1-4H2;1H4;(H2,1,2,3,4). The minimum Gasteiger partial charge on any atom is -0.478 e. The molecule has 0 spiro atoms. The van der Waals surface area contributed by atoms with Crippen molar-refractivity contribution in [3.05, 3.63) is 89.5 Å². The number of nitrogens with zero attached hydrogens (tertiary/aromatic N) is 4. The molecule has 0 bridgehead atoms. The molecule has 298 valence electrons. The average Bonchev–Trinajstić information content (AvgIpc) is 3.80. The summed E-state index contributed by atoms with van der Waals surface area (Å²) in [5, 5.41) is 37.1. The molecular weight excluding hydrogens is 715 g/mol. The molecule has 4 fully saturated rings. The Hall–Kier alpha value is -4.31. The Morgan fingerprint density at radius 3 is 1.50 bits per heavy atom. The summed E-state index contributed by atoms with van der Waals surface area (Å²) in [4.78, 5) is 17.7. The van der Waals surface area contributed by atoms with E-state index >= 15 is 0 Å². The summed E-state index contributed by atoms with van der Waals surface area (Å²) >= 11 is 0. The van der Waals surface area contributed by atoms with Crippen LogP contribution in [0.25, 0.3) is 0 Å². The molecule has 0 saturated carbocycles. The number of hydrogen-bond acceptors (Lipinski definition) is 12. The average molecular weight is 772 g/mol. The first-order chi connectivity index (χ1) is 25.6. The van der Waals surface area contributed by atoms with Crippen LogP contribution in [-0.4, -0.2) is 125 Å². The molecule has 16 heteroatoms. The zero-order valence-electron chi connectivity index (χ0n) is 30.1. The van der Waals surface area contributed by atoms with Crippen LogP contribution in [0.5, 0.6) is 0 Å². The van der Waals surface area contributed by atoms with Crippen LogP contribution in [0.2, 0.25) is 0 Å². The highest BCUT2D eigenvalue weighted by Crippen LogP contribution is 2.22. The first kappa shape index (κ1) is 45.8. The molecule has 0 amide bonds. The fourth-order valence-electron chi connectivity index (χ4n) is 5.95. The van der Waals surface area contributed by atoms with Crippen molar-refractivity contribution in [1.29, 1.82) is 5.26 Å². The molecule has 7 N–H and O–H groups in total. The molecule has 4 heterocycles. The molecule has 3 aromatic carbocycles. The molecule has 3 aromatic rings. The van der Waals surface area contributed by atoms with Gasteiger partial charge in [-0.3, -0.25) is 9.11 Å². The van der Waals surface area contributed by atoms with Crippen LogP contribution >= 0.6 is 0 Å². The summed E-state index contributed by atoms with van der Waals surface area (Å²) in [6, 6.07) is 25.2. The number of aromatic carboxylic acids is 1. The number of aliphatic hydroxyl groups is 1. The Bertz CT molecular complexity index is 1640. The molecule has 4 aliphatic heterocycles. The first-order valence-corrected chi connectivity index (χ1v) is 19.2. The van der Waals surface area contributed by atoms with Crippen LogP contribution in [0.1, 0.15) is 41.8 Å². The summed E-state index contributed by atoms with van der Waals surface area (Å²) in [6.45, 7) is 13.8. The van der Waals surface area contributed by atoms with Crippen LogP contribution in [-0.2, 0) is 21.7 Å². The molecule has 0 aromatic heterocycles. The molecule has 4 saturated heterocycles. The molecular formula is C38H57N7O8S. The number of carboxylic acid groups (broad SMARTS) is 1. The largest absolute Gasteiger partial charge is 0.478 e. The van der Waals surface area contributed by atoms with E-state index in [1.54, 1.807) is 12.1 Å². The topological polar surface area (TPSA) is 211 Å². The van der Waals surface area contributed by atoms with Gasteiger partial charge in [-0.15, -0.1) is 0 Å². The van der Waals surface area contributed by atoms with Crippen molar-refractivity contribution in [2.75, 3.05) is 106 Å². The first-order valence-electron chi connectivity index (χ1n) is 17.8. The van der Waals surface area contributed by atoms with Crippen molar-refractivity contribution >= 4 is 33.4 Å². The Morgan fingerprint density at radius 2 is 1.07 bits per heavy atom. The highest BCUT2D eigenvalue weighted by molar-refractivity contribution is 7.79. The summed E-state index contributed by atoms with van der Waals surface area (Å²) in [5.41, 5.74) is 5.25. The van der Waals surface area contributed by atoms with Gasteiger partial charge in [0.15, 0.2) is 0 Å². The number of aliphatic hydroxyl groups excluding tert-OH is 1. The van der Waals surface area contributed by atoms with Gasteiger partial charge in [-0.2, -0.15) is 13.7 Å². The molecule has 0 aliphatic carbocycles. The molecule has 0 radical (unpaired) electrons. The Morgan fingerprint density at radius 1 is 0.685 bits per heavy atom. The van der Waals surface area contributed by atoms with Crippen molar-refractivity contribution < 1.29 is 37.3 Å². The Kier molecular flexibility index (Phi) is 21.8. The highest BCUT2D eigenvalue weighted by atomic mass is 32.3. The lowest BCUT2D eigenvalue weighted by Gasteiger charge is -2.30. The molecule has 0 atom stereocenters. The number of para-hydroxylation sites is 3. The van der Waals surface area contributed by atoms with E-state index < -0.39 is 16.4 Å². The zero-order valence-corrected chi connectivity index (χ0v) is 30.9. The number of hydrogen-bond donors (Lipinski definition) is 7. The van der Waals surface area contributed by atoms with Crippen LogP contribution in [0.15, 0.2) is 72.8 Å². The third-order valence-electron chi connectivity index (χ3n) is 8.52. The molecule has 7 rings (SSSR count). The van der Waals surface area contributed by atoms with Crippen LogP contribution in [0, 0.1) is 11.3 Å². The van der Waals surface area contributed by atoms with E-state index in [9.17, 15) is 9.90 Å². The van der Waals surface area contributed by atoms with Gasteiger partial charge in [0.05, 0.1) is 29.1 Å². The van der Waals surface area contributed by atoms with Gasteiger partial charge < -0.3 is 45.6 Å². The highest BCUT2D eigenvalue weighted by Gasteiger charge is 2.17. The van der Waals surface area contributed by atoms with Crippen LogP contribution < -0.4 is 30.7 Å². The number of anilines is 3. The maximum absolute atomic E-state index is 11.0. The van der Waals surface area contributed by atoms with Gasteiger partial charge >= 0.3 is 16.4 Å². The second-order valence-corrected chi connectivity index (χ2v) is 13.1. The number of carbonyl (C=O) groups is 1. The van der Waals surface area contributed by atoms with Crippen molar-refractivity contribution in [3.8, 4) is 6.07 Å². The number of rotatable bonds is 5. The van der Waals surface area contributed by atoms with Gasteiger partial charge in [0.25, 0.3) is 0 Å². The SMILES string of the molecule is C.C1CCOC1.N#Cc1ccccc1N1CCNCC1.O=C(O)c1ccccc1N1CCNCC1.O=S(=O)(O)O.OCc1ccccc1N1CCNCC1. The summed E-state index contributed by atoms with van der Waals surface area (Å²) < 4.78 is 36.5. The molecule has 15 nitrogen and oxygen atoms in total. The third kappa shape index (κ3) is 17.2. The minimum absolute atomic E-state index is 0. The van der Waals surface area contributed by atoms with Gasteiger partial charge in [0.1, 0.15) is 6.07 Å². The van der Waals surface area contributed by atoms with E-state index in [4.69, 9.17) is 32.6 Å². The van der Waals surface area contributed by atoms with Gasteiger partial charge in [0, 0.05) is 103 Å². The number of carboxylic acids is 1. The van der Waals surface area contributed by atoms with E-state index in [1.807, 2.05) is 54.6 Å².